The van der Waals surface area contributed by atoms with Gasteiger partial charge < -0.3 is 20.4 Å². The van der Waals surface area contributed by atoms with Gasteiger partial charge >= 0.3 is 0 Å². The second kappa shape index (κ2) is 8.52. The van der Waals surface area contributed by atoms with Crippen molar-refractivity contribution in [2.75, 3.05) is 25.5 Å². The summed E-state index contributed by atoms with van der Waals surface area (Å²) in [4.78, 5) is 24.7. The Morgan fingerprint density at radius 1 is 1.12 bits per heavy atom. The van der Waals surface area contributed by atoms with Crippen molar-refractivity contribution in [3.8, 4) is 0 Å². The molecule has 2 aromatic rings. The smallest absolute Gasteiger partial charge is 0.259 e. The van der Waals surface area contributed by atoms with Gasteiger partial charge in [0.25, 0.3) is 11.8 Å². The second-order valence-electron chi connectivity index (χ2n) is 5.25. The molecular formula is C17H20ClN3O3. The number of hydrogen-bond acceptors (Lipinski definition) is 4. The van der Waals surface area contributed by atoms with E-state index >= 15 is 0 Å². The van der Waals surface area contributed by atoms with Crippen molar-refractivity contribution in [2.24, 2.45) is 0 Å². The summed E-state index contributed by atoms with van der Waals surface area (Å²) in [5.41, 5.74) is 1.13. The van der Waals surface area contributed by atoms with Gasteiger partial charge in [-0.15, -0.1) is 0 Å². The van der Waals surface area contributed by atoms with Crippen LogP contribution in [0.4, 0.5) is 5.69 Å². The molecule has 0 atom stereocenters. The molecule has 0 aliphatic rings. The van der Waals surface area contributed by atoms with Crippen LogP contribution in [0, 0.1) is 6.92 Å². The van der Waals surface area contributed by atoms with Gasteiger partial charge in [0.05, 0.1) is 23.1 Å². The largest absolute Gasteiger partial charge is 0.469 e. The van der Waals surface area contributed by atoms with Gasteiger partial charge in [-0.2, -0.15) is 0 Å². The average Bonchev–Trinajstić information content (AvgIpc) is 2.97. The molecule has 2 amide bonds. The average molecular weight is 350 g/mol. The molecule has 0 bridgehead atoms. The minimum absolute atomic E-state index is 0.262. The molecule has 0 saturated carbocycles. The van der Waals surface area contributed by atoms with Crippen molar-refractivity contribution in [1.29, 1.82) is 0 Å². The van der Waals surface area contributed by atoms with Crippen LogP contribution in [0.2, 0.25) is 5.02 Å². The summed E-state index contributed by atoms with van der Waals surface area (Å²) < 4.78 is 5.13. The van der Waals surface area contributed by atoms with Crippen LogP contribution in [0.5, 0.6) is 0 Å². The summed E-state index contributed by atoms with van der Waals surface area (Å²) in [6.07, 6.45) is 2.25. The Hall–Kier alpha value is -2.31. The van der Waals surface area contributed by atoms with Gasteiger partial charge in [0.2, 0.25) is 0 Å². The summed E-state index contributed by atoms with van der Waals surface area (Å²) in [5.74, 6) is -0.109. The molecule has 6 nitrogen and oxygen atoms in total. The molecule has 0 aliphatic heterocycles. The van der Waals surface area contributed by atoms with E-state index in [1.165, 1.54) is 6.26 Å². The summed E-state index contributed by atoms with van der Waals surface area (Å²) >= 11 is 6.00. The number of carbonyl (C=O) groups excluding carboxylic acids is 2. The first kappa shape index (κ1) is 18.0. The second-order valence-corrected chi connectivity index (χ2v) is 5.68. The number of carbonyl (C=O) groups is 2. The summed E-state index contributed by atoms with van der Waals surface area (Å²) in [6.45, 7) is 3.04. The first-order valence-electron chi connectivity index (χ1n) is 7.60. The molecule has 0 saturated heterocycles. The van der Waals surface area contributed by atoms with Gasteiger partial charge in [-0.05, 0) is 51.2 Å². The normalized spacial score (nSPS) is 10.5. The Balaban J connectivity index is 2.14. The summed E-state index contributed by atoms with van der Waals surface area (Å²) in [5, 5.41) is 8.99. The predicted octanol–water partition coefficient (Wildman–Crippen LogP) is 2.83. The van der Waals surface area contributed by atoms with E-state index in [1.807, 2.05) is 7.05 Å². The third kappa shape index (κ3) is 4.59. The maximum atomic E-state index is 12.3. The number of aryl methyl sites for hydroxylation is 1. The Morgan fingerprint density at radius 3 is 2.58 bits per heavy atom. The number of anilines is 1. The highest BCUT2D eigenvalue weighted by molar-refractivity contribution is 6.31. The Kier molecular flexibility index (Phi) is 6.40. The fraction of sp³-hybridized carbons (Fsp3) is 0.294. The molecular weight excluding hydrogens is 330 g/mol. The van der Waals surface area contributed by atoms with Crippen LogP contribution in [-0.2, 0) is 0 Å². The zero-order chi connectivity index (χ0) is 17.5. The minimum Gasteiger partial charge on any atom is -0.469 e. The molecule has 0 unspecified atom stereocenters. The van der Waals surface area contributed by atoms with E-state index in [4.69, 9.17) is 16.0 Å². The van der Waals surface area contributed by atoms with Gasteiger partial charge in [0.1, 0.15) is 5.76 Å². The maximum Gasteiger partial charge on any atom is 0.259 e. The van der Waals surface area contributed by atoms with E-state index in [2.05, 4.69) is 16.0 Å². The lowest BCUT2D eigenvalue weighted by molar-refractivity contribution is 0.0954. The van der Waals surface area contributed by atoms with Crippen LogP contribution in [0.1, 0.15) is 32.9 Å². The van der Waals surface area contributed by atoms with Crippen molar-refractivity contribution in [1.82, 2.24) is 10.6 Å². The molecule has 2 rings (SSSR count). The van der Waals surface area contributed by atoms with Crippen molar-refractivity contribution in [2.45, 2.75) is 13.3 Å². The van der Waals surface area contributed by atoms with Crippen molar-refractivity contribution in [3.63, 3.8) is 0 Å². The maximum absolute atomic E-state index is 12.3. The molecule has 7 heteroatoms. The van der Waals surface area contributed by atoms with Crippen LogP contribution < -0.4 is 16.0 Å². The number of furan rings is 1. The summed E-state index contributed by atoms with van der Waals surface area (Å²) in [7, 11) is 1.85. The zero-order valence-electron chi connectivity index (χ0n) is 13.6. The Labute approximate surface area is 145 Å². The number of benzene rings is 1. The van der Waals surface area contributed by atoms with E-state index in [-0.39, 0.29) is 11.8 Å². The Bertz CT molecular complexity index is 728. The number of hydrogen-bond donors (Lipinski definition) is 3. The zero-order valence-corrected chi connectivity index (χ0v) is 14.4. The lowest BCUT2D eigenvalue weighted by atomic mass is 10.1. The molecule has 128 valence electrons. The summed E-state index contributed by atoms with van der Waals surface area (Å²) in [6, 6.07) is 6.33. The molecule has 1 aromatic heterocycles. The van der Waals surface area contributed by atoms with Crippen LogP contribution in [-0.4, -0.2) is 32.0 Å². The van der Waals surface area contributed by atoms with Crippen LogP contribution >= 0.6 is 11.6 Å². The molecule has 1 aromatic carbocycles. The molecule has 0 aliphatic carbocycles. The third-order valence-electron chi connectivity index (χ3n) is 3.47. The first-order chi connectivity index (χ1) is 11.5. The van der Waals surface area contributed by atoms with Gasteiger partial charge in [-0.3, -0.25) is 9.59 Å². The predicted molar refractivity (Wildman–Crippen MR) is 93.7 cm³/mol. The van der Waals surface area contributed by atoms with E-state index in [0.29, 0.717) is 34.1 Å². The van der Waals surface area contributed by atoms with Gasteiger partial charge in [0.15, 0.2) is 0 Å². The van der Waals surface area contributed by atoms with E-state index in [0.717, 1.165) is 13.0 Å². The van der Waals surface area contributed by atoms with E-state index < -0.39 is 0 Å². The van der Waals surface area contributed by atoms with Crippen LogP contribution in [0.3, 0.4) is 0 Å². The highest BCUT2D eigenvalue weighted by Crippen LogP contribution is 2.22. The number of rotatable bonds is 7. The lowest BCUT2D eigenvalue weighted by Crippen LogP contribution is -2.27. The molecule has 1 heterocycles. The van der Waals surface area contributed by atoms with Crippen LogP contribution in [0.15, 0.2) is 34.9 Å². The number of halogens is 1. The fourth-order valence-corrected chi connectivity index (χ4v) is 2.36. The molecule has 0 radical (unpaired) electrons. The van der Waals surface area contributed by atoms with Gasteiger partial charge in [0, 0.05) is 11.6 Å². The van der Waals surface area contributed by atoms with Crippen molar-refractivity contribution >= 4 is 29.1 Å². The monoisotopic (exact) mass is 349 g/mol. The van der Waals surface area contributed by atoms with Gasteiger partial charge in [-0.25, -0.2) is 0 Å². The fourth-order valence-electron chi connectivity index (χ4n) is 2.19. The molecule has 3 N–H and O–H groups in total. The third-order valence-corrected chi connectivity index (χ3v) is 3.70. The minimum atomic E-state index is -0.354. The van der Waals surface area contributed by atoms with Gasteiger partial charge in [-0.1, -0.05) is 11.6 Å². The SMILES string of the molecule is CNCCCNC(=O)c1ccc(Cl)cc1NC(=O)c1ccoc1C. The van der Waals surface area contributed by atoms with Crippen molar-refractivity contribution < 1.29 is 14.0 Å². The standard InChI is InChI=1S/C17H20ClN3O3/c1-11-13(6-9-24-11)17(23)21-15-10-12(18)4-5-14(15)16(22)20-8-3-7-19-2/h4-6,9-10,19H,3,7-8H2,1-2H3,(H,20,22)(H,21,23). The highest BCUT2D eigenvalue weighted by Gasteiger charge is 2.17. The van der Waals surface area contributed by atoms with E-state index in [9.17, 15) is 9.59 Å². The lowest BCUT2D eigenvalue weighted by Gasteiger charge is -2.12. The Morgan fingerprint density at radius 2 is 1.92 bits per heavy atom. The molecule has 0 fully saturated rings. The highest BCUT2D eigenvalue weighted by atomic mass is 35.5. The first-order valence-corrected chi connectivity index (χ1v) is 7.98. The number of nitrogens with one attached hydrogen (secondary N) is 3. The topological polar surface area (TPSA) is 83.4 Å². The quantitative estimate of drug-likeness (QED) is 0.671. The molecule has 24 heavy (non-hydrogen) atoms. The van der Waals surface area contributed by atoms with Crippen LogP contribution in [0.25, 0.3) is 0 Å². The number of amides is 2. The van der Waals surface area contributed by atoms with E-state index in [1.54, 1.807) is 31.2 Å². The van der Waals surface area contributed by atoms with Crippen molar-refractivity contribution in [3.05, 3.63) is 52.4 Å². The molecule has 0 spiro atoms.